The van der Waals surface area contributed by atoms with Gasteiger partial charge in [-0.15, -0.1) is 0 Å². The highest BCUT2D eigenvalue weighted by atomic mass is 16.3. The minimum absolute atomic E-state index is 0.891. The highest BCUT2D eigenvalue weighted by molar-refractivity contribution is 6.07. The van der Waals surface area contributed by atoms with Crippen LogP contribution >= 0.6 is 0 Å². The standard InChI is InChI=1S/C54H35NO2/c1-3-11-36(12-4-1)37-19-25-45(26-20-37)55(44-13-5-2-6-14-44)46-27-21-38(22-28-46)41-31-42(39-23-29-53-49(34-39)47-15-7-9-17-51(47)56-53)33-43(32-41)40-24-30-54-50(35-40)48-16-8-10-18-52(48)57-54/h1-35H. The molecule has 3 nitrogen and oxygen atoms in total. The van der Waals surface area contributed by atoms with E-state index >= 15 is 0 Å². The number of para-hydroxylation sites is 3. The van der Waals surface area contributed by atoms with Gasteiger partial charge in [0.2, 0.25) is 0 Å². The molecule has 3 heteroatoms. The molecule has 0 fully saturated rings. The van der Waals surface area contributed by atoms with Gasteiger partial charge < -0.3 is 13.7 Å². The van der Waals surface area contributed by atoms with Gasteiger partial charge in [0.05, 0.1) is 0 Å². The molecule has 9 aromatic carbocycles. The lowest BCUT2D eigenvalue weighted by atomic mass is 9.92. The molecule has 0 N–H and O–H groups in total. The first-order chi connectivity index (χ1) is 28.2. The van der Waals surface area contributed by atoms with Gasteiger partial charge in [0.1, 0.15) is 22.3 Å². The summed E-state index contributed by atoms with van der Waals surface area (Å²) in [5.74, 6) is 0. The van der Waals surface area contributed by atoms with E-state index in [1.54, 1.807) is 0 Å². The zero-order valence-electron chi connectivity index (χ0n) is 31.0. The van der Waals surface area contributed by atoms with E-state index in [1.807, 2.05) is 24.3 Å². The maximum absolute atomic E-state index is 6.21. The SMILES string of the molecule is c1ccc(-c2ccc(N(c3ccccc3)c3ccc(-c4cc(-c5ccc6oc7ccccc7c6c5)cc(-c5ccc6oc7ccccc7c6c5)c4)cc3)cc2)cc1. The molecule has 11 aromatic rings. The second-order valence-corrected chi connectivity index (χ2v) is 14.5. The third kappa shape index (κ3) is 5.94. The summed E-state index contributed by atoms with van der Waals surface area (Å²) >= 11 is 0. The maximum Gasteiger partial charge on any atom is 0.135 e. The van der Waals surface area contributed by atoms with Crippen molar-refractivity contribution in [2.45, 2.75) is 0 Å². The normalized spacial score (nSPS) is 11.5. The Morgan fingerprint density at radius 3 is 1.09 bits per heavy atom. The number of hydrogen-bond donors (Lipinski definition) is 0. The third-order valence-electron chi connectivity index (χ3n) is 11.1. The van der Waals surface area contributed by atoms with Crippen LogP contribution in [0.25, 0.3) is 88.4 Å². The molecule has 11 rings (SSSR count). The van der Waals surface area contributed by atoms with E-state index in [0.29, 0.717) is 0 Å². The van der Waals surface area contributed by atoms with Gasteiger partial charge >= 0.3 is 0 Å². The van der Waals surface area contributed by atoms with Gasteiger partial charge in [-0.2, -0.15) is 0 Å². The fourth-order valence-electron chi connectivity index (χ4n) is 8.20. The summed E-state index contributed by atoms with van der Waals surface area (Å²) in [4.78, 5) is 2.31. The van der Waals surface area contributed by atoms with Crippen molar-refractivity contribution in [3.8, 4) is 44.5 Å². The summed E-state index contributed by atoms with van der Waals surface area (Å²) in [6, 6.07) is 75.4. The molecule has 0 spiro atoms. The van der Waals surface area contributed by atoms with Gasteiger partial charge in [0.15, 0.2) is 0 Å². The summed E-state index contributed by atoms with van der Waals surface area (Å²) in [6.07, 6.45) is 0. The first kappa shape index (κ1) is 32.8. The molecule has 0 saturated carbocycles. The fourth-order valence-corrected chi connectivity index (χ4v) is 8.20. The molecule has 57 heavy (non-hydrogen) atoms. The van der Waals surface area contributed by atoms with Crippen LogP contribution in [-0.2, 0) is 0 Å². The molecule has 0 bridgehead atoms. The van der Waals surface area contributed by atoms with E-state index in [1.165, 1.54) is 11.1 Å². The first-order valence-electron chi connectivity index (χ1n) is 19.3. The van der Waals surface area contributed by atoms with Crippen molar-refractivity contribution in [2.75, 3.05) is 4.90 Å². The van der Waals surface area contributed by atoms with Gasteiger partial charge in [-0.3, -0.25) is 0 Å². The van der Waals surface area contributed by atoms with Gasteiger partial charge in [0.25, 0.3) is 0 Å². The van der Waals surface area contributed by atoms with Crippen LogP contribution in [0.4, 0.5) is 17.1 Å². The Kier molecular flexibility index (Phi) is 7.82. The molecule has 0 atom stereocenters. The highest BCUT2D eigenvalue weighted by Crippen LogP contribution is 2.40. The number of hydrogen-bond acceptors (Lipinski definition) is 3. The quantitative estimate of drug-likeness (QED) is 0.164. The van der Waals surface area contributed by atoms with Crippen LogP contribution in [0.3, 0.4) is 0 Å². The zero-order chi connectivity index (χ0) is 37.7. The number of nitrogens with zero attached hydrogens (tertiary/aromatic N) is 1. The Labute approximate surface area is 330 Å². The second kappa shape index (κ2) is 13.6. The zero-order valence-corrected chi connectivity index (χ0v) is 31.0. The highest BCUT2D eigenvalue weighted by Gasteiger charge is 2.16. The minimum Gasteiger partial charge on any atom is -0.456 e. The van der Waals surface area contributed by atoms with Crippen LogP contribution in [0.2, 0.25) is 0 Å². The van der Waals surface area contributed by atoms with Crippen LogP contribution in [0.15, 0.2) is 221 Å². The van der Waals surface area contributed by atoms with E-state index < -0.39 is 0 Å². The molecule has 2 heterocycles. The van der Waals surface area contributed by atoms with E-state index in [-0.39, 0.29) is 0 Å². The number of rotatable bonds is 7. The minimum atomic E-state index is 0.891. The molecular formula is C54H35NO2. The molecule has 0 aliphatic rings. The van der Waals surface area contributed by atoms with Gasteiger partial charge in [-0.05, 0) is 136 Å². The van der Waals surface area contributed by atoms with Crippen LogP contribution in [0.1, 0.15) is 0 Å². The first-order valence-corrected chi connectivity index (χ1v) is 19.3. The van der Waals surface area contributed by atoms with E-state index in [9.17, 15) is 0 Å². The fraction of sp³-hybridized carbons (Fsp3) is 0. The summed E-state index contributed by atoms with van der Waals surface area (Å²) in [7, 11) is 0. The Bertz CT molecular complexity index is 3080. The average molecular weight is 730 g/mol. The number of benzene rings is 9. The Morgan fingerprint density at radius 1 is 0.228 bits per heavy atom. The van der Waals surface area contributed by atoms with Crippen LogP contribution < -0.4 is 4.90 Å². The summed E-state index contributed by atoms with van der Waals surface area (Å²) < 4.78 is 12.4. The molecule has 0 saturated heterocycles. The summed E-state index contributed by atoms with van der Waals surface area (Å²) in [5.41, 5.74) is 16.1. The predicted octanol–water partition coefficient (Wildman–Crippen LogP) is 15.6. The Balaban J connectivity index is 1.03. The van der Waals surface area contributed by atoms with E-state index in [2.05, 4.69) is 193 Å². The number of furan rings is 2. The molecular weight excluding hydrogens is 695 g/mol. The van der Waals surface area contributed by atoms with Gasteiger partial charge in [-0.1, -0.05) is 121 Å². The lowest BCUT2D eigenvalue weighted by Crippen LogP contribution is -2.09. The van der Waals surface area contributed by atoms with E-state index in [0.717, 1.165) is 94.3 Å². The summed E-state index contributed by atoms with van der Waals surface area (Å²) in [5, 5.41) is 4.47. The Hall–Kier alpha value is -7.62. The number of fused-ring (bicyclic) bond motifs is 6. The van der Waals surface area contributed by atoms with Gasteiger partial charge in [0, 0.05) is 38.6 Å². The van der Waals surface area contributed by atoms with Gasteiger partial charge in [-0.25, -0.2) is 0 Å². The molecule has 0 unspecified atom stereocenters. The lowest BCUT2D eigenvalue weighted by Gasteiger charge is -2.26. The molecule has 2 aromatic heterocycles. The molecule has 0 amide bonds. The van der Waals surface area contributed by atoms with Crippen molar-refractivity contribution in [1.82, 2.24) is 0 Å². The van der Waals surface area contributed by atoms with Crippen molar-refractivity contribution in [1.29, 1.82) is 0 Å². The second-order valence-electron chi connectivity index (χ2n) is 14.5. The van der Waals surface area contributed by atoms with Crippen LogP contribution in [-0.4, -0.2) is 0 Å². The monoisotopic (exact) mass is 729 g/mol. The third-order valence-corrected chi connectivity index (χ3v) is 11.1. The molecule has 268 valence electrons. The summed E-state index contributed by atoms with van der Waals surface area (Å²) in [6.45, 7) is 0. The topological polar surface area (TPSA) is 29.5 Å². The van der Waals surface area contributed by atoms with Crippen LogP contribution in [0, 0.1) is 0 Å². The van der Waals surface area contributed by atoms with Crippen molar-refractivity contribution in [3.63, 3.8) is 0 Å². The van der Waals surface area contributed by atoms with Crippen molar-refractivity contribution in [2.24, 2.45) is 0 Å². The van der Waals surface area contributed by atoms with E-state index in [4.69, 9.17) is 8.83 Å². The smallest absolute Gasteiger partial charge is 0.135 e. The number of anilines is 3. The lowest BCUT2D eigenvalue weighted by molar-refractivity contribution is 0.668. The Morgan fingerprint density at radius 2 is 0.579 bits per heavy atom. The van der Waals surface area contributed by atoms with Crippen molar-refractivity contribution in [3.05, 3.63) is 212 Å². The van der Waals surface area contributed by atoms with Crippen molar-refractivity contribution >= 4 is 60.9 Å². The van der Waals surface area contributed by atoms with Crippen molar-refractivity contribution < 1.29 is 8.83 Å². The molecule has 0 aliphatic heterocycles. The molecule has 0 radical (unpaired) electrons. The largest absolute Gasteiger partial charge is 0.456 e. The van der Waals surface area contributed by atoms with Crippen LogP contribution in [0.5, 0.6) is 0 Å². The maximum atomic E-state index is 6.21. The average Bonchev–Trinajstić information content (AvgIpc) is 3.85. The predicted molar refractivity (Wildman–Crippen MR) is 237 cm³/mol. The molecule has 0 aliphatic carbocycles.